The second kappa shape index (κ2) is 47.6. The Morgan fingerprint density at radius 1 is 0.324 bits per heavy atom. The maximum absolute atomic E-state index is 11.1. The highest BCUT2D eigenvalue weighted by molar-refractivity contribution is 8.00. The van der Waals surface area contributed by atoms with Crippen molar-refractivity contribution in [2.24, 2.45) is 0 Å². The molecule has 142 heavy (non-hydrogen) atoms. The summed E-state index contributed by atoms with van der Waals surface area (Å²) >= 11 is 11.4. The number of aliphatic hydroxyl groups excluding tert-OH is 1. The van der Waals surface area contributed by atoms with Gasteiger partial charge in [-0.15, -0.1) is 25.3 Å². The first kappa shape index (κ1) is 103. The molecule has 0 saturated heterocycles. The SMILES string of the molecule is COc1cc(N)ccc1-c1ccc(N)cc1CO.Cc1c(N)c(C)c(S(=O)O)c(C)c1N.Cc1cc(-c2ccc(N)c(C)c2)ccc1N.Nc1cc(S)c(N)cc1S.Nc1ccc(-c2ccc(N)cc2-c2ccco2)c(-c2ccco2)c1.Nc1ccc(Sc2ccc(Sc3ccc(Sc4ccc(N)cc4)cc3)cc2)cc1.Nc1ccc2c(c1)Cc1cc(N)ccc1-2.Nc1ccc2c(c1)Oc1cc(N)ccc1O2. The first-order valence-electron chi connectivity index (χ1n) is 44.3. The Labute approximate surface area is 852 Å². The average Bonchev–Trinajstić information content (AvgIpc) is 1.70. The molecule has 34 N–H and O–H groups in total. The second-order valence-corrected chi connectivity index (χ2v) is 38.3. The monoisotopic (exact) mass is 2000 g/mol. The van der Waals surface area contributed by atoms with Gasteiger partial charge in [-0.25, -0.2) is 4.21 Å². The number of rotatable bonds is 14. The van der Waals surface area contributed by atoms with Gasteiger partial charge in [0.05, 0.1) is 31.1 Å². The molecule has 0 saturated carbocycles. The molecule has 0 fully saturated rings. The van der Waals surface area contributed by atoms with Crippen LogP contribution >= 0.6 is 60.5 Å². The highest BCUT2D eigenvalue weighted by atomic mass is 32.2. The Morgan fingerprint density at radius 2 is 0.648 bits per heavy atom. The summed E-state index contributed by atoms with van der Waals surface area (Å²) in [5.41, 5.74) is 121. The van der Waals surface area contributed by atoms with Gasteiger partial charge in [0.2, 0.25) is 0 Å². The van der Waals surface area contributed by atoms with Crippen LogP contribution in [-0.2, 0) is 24.1 Å². The molecule has 0 spiro atoms. The van der Waals surface area contributed by atoms with Gasteiger partial charge in [0.15, 0.2) is 34.1 Å². The molecule has 724 valence electrons. The number of ether oxygens (including phenoxy) is 3. The fourth-order valence-electron chi connectivity index (χ4n) is 15.1. The first-order valence-corrected chi connectivity index (χ1v) is 48.7. The molecule has 18 aromatic rings. The van der Waals surface area contributed by atoms with Gasteiger partial charge in [-0.2, -0.15) is 0 Å². The lowest BCUT2D eigenvalue weighted by Crippen LogP contribution is -2.07. The molecule has 0 amide bonds. The zero-order valence-corrected chi connectivity index (χ0v) is 83.8. The van der Waals surface area contributed by atoms with Crippen molar-refractivity contribution in [3.8, 4) is 95.9 Å². The van der Waals surface area contributed by atoms with Crippen LogP contribution in [0.4, 0.5) is 91.0 Å². The third-order valence-electron chi connectivity index (χ3n) is 22.7. The molecule has 0 bridgehead atoms. The number of hydrogen-bond donors (Lipinski definition) is 20. The molecule has 1 aliphatic heterocycles. The standard InChI is InChI=1S/C24H20N2S3.C20H16N2O2.C14H16N2O2.C14H16N2.C13H12N2.C12H10N2O2.C9H14N2O2S.C6H8N2S2/c25-17-1-5-19(6-2-17)27-21-9-13-23(14-10-21)29-24-15-11-22(12-16-24)28-20-7-3-18(26)4-8-20;21-13-5-7-15(17(11-13)19-3-1-9-23-19)16-8-6-14(22)12-18(16)20-4-2-10-24-20;1-18-14-7-11(16)3-5-13(14)12-4-2-10(15)6-9(12)8-17;1-9-7-11(3-5-13(9)15)12-4-6-14(16)10(2)8-12;14-10-1-3-12-8(6-10)5-9-7-11(15)2-4-13(9)12;13-7-1-3-9-11(5-7)16-12-6-8(14)2-4-10(12)15-9;1-4-7(10)5(2)9(14(12)13)6(3)8(4)11;7-3-1-5(9)4(8)2-6(3)10/h1-16H,25-26H2;1-12H,21-22H2;2-7,17H,8,15-16H2,1H3;3-8H,15-16H2,1-2H3;1-4,6-7H,5,14-15H2;1-6H,13-14H2;10-11H2,1-3H3,(H,12,13);1-2,9-10H,7-8H2. The summed E-state index contributed by atoms with van der Waals surface area (Å²) in [6.07, 6.45) is 4.25. The zero-order chi connectivity index (χ0) is 102. The van der Waals surface area contributed by atoms with Crippen LogP contribution in [0.1, 0.15) is 44.5 Å². The Balaban J connectivity index is 0.000000139. The fourth-order valence-corrected chi connectivity index (χ4v) is 18.7. The molecular formula is C112H112N16O8S6. The lowest BCUT2D eigenvalue weighted by molar-refractivity contribution is 0.282. The summed E-state index contributed by atoms with van der Waals surface area (Å²) in [5.74, 6) is 4.74. The summed E-state index contributed by atoms with van der Waals surface area (Å²) in [4.78, 5) is 8.97. The minimum absolute atomic E-state index is 0.0755. The van der Waals surface area contributed by atoms with Gasteiger partial charge >= 0.3 is 0 Å². The van der Waals surface area contributed by atoms with E-state index in [4.69, 9.17) is 119 Å². The van der Waals surface area contributed by atoms with Crippen LogP contribution in [0.3, 0.4) is 0 Å². The van der Waals surface area contributed by atoms with Gasteiger partial charge in [-0.1, -0.05) is 77.8 Å². The molecule has 2 aliphatic rings. The number of furan rings is 2. The van der Waals surface area contributed by atoms with Crippen molar-refractivity contribution in [3.63, 3.8) is 0 Å². The Bertz CT molecular complexity index is 7060. The molecule has 16 aromatic carbocycles. The molecule has 24 nitrogen and oxygen atoms in total. The van der Waals surface area contributed by atoms with Crippen LogP contribution in [0, 0.1) is 34.6 Å². The van der Waals surface area contributed by atoms with Crippen LogP contribution in [0.25, 0.3) is 67.2 Å². The van der Waals surface area contributed by atoms with Crippen LogP contribution in [0.15, 0.2) is 381 Å². The number of fused-ring (bicyclic) bond motifs is 5. The Kier molecular flexibility index (Phi) is 34.7. The summed E-state index contributed by atoms with van der Waals surface area (Å²) in [5, 5.41) is 9.40. The zero-order valence-electron chi connectivity index (χ0n) is 78.7. The fraction of sp³-hybridized carbons (Fsp3) is 0.0714. The molecule has 1 aliphatic carbocycles. The second-order valence-electron chi connectivity index (χ2n) is 33.0. The number of anilines is 16. The van der Waals surface area contributed by atoms with Crippen molar-refractivity contribution in [1.29, 1.82) is 0 Å². The van der Waals surface area contributed by atoms with Crippen molar-refractivity contribution in [2.45, 2.75) is 91.7 Å². The van der Waals surface area contributed by atoms with E-state index in [-0.39, 0.29) is 6.61 Å². The van der Waals surface area contributed by atoms with E-state index in [1.807, 2.05) is 184 Å². The van der Waals surface area contributed by atoms with Crippen molar-refractivity contribution in [2.75, 3.05) is 98.8 Å². The number of nitrogens with two attached hydrogens (primary N) is 16. The highest BCUT2D eigenvalue weighted by Gasteiger charge is 2.23. The van der Waals surface area contributed by atoms with Crippen LogP contribution in [0.5, 0.6) is 28.7 Å². The van der Waals surface area contributed by atoms with E-state index in [1.165, 1.54) is 62.8 Å². The van der Waals surface area contributed by atoms with Gasteiger partial charge < -0.3 is 124 Å². The minimum Gasteiger partial charge on any atom is -0.496 e. The van der Waals surface area contributed by atoms with Crippen molar-refractivity contribution in [1.82, 2.24) is 0 Å². The van der Waals surface area contributed by atoms with Crippen molar-refractivity contribution < 1.29 is 36.9 Å². The summed E-state index contributed by atoms with van der Waals surface area (Å²) in [6, 6.07) is 101. The number of benzene rings is 16. The van der Waals surface area contributed by atoms with Crippen LogP contribution < -0.4 is 106 Å². The Hall–Kier alpha value is -15.9. The third kappa shape index (κ3) is 27.0. The van der Waals surface area contributed by atoms with E-state index >= 15 is 0 Å². The summed E-state index contributed by atoms with van der Waals surface area (Å²) < 4.78 is 47.9. The first-order chi connectivity index (χ1) is 68.0. The largest absolute Gasteiger partial charge is 0.496 e. The van der Waals surface area contributed by atoms with E-state index in [0.29, 0.717) is 111 Å². The highest BCUT2D eigenvalue weighted by Crippen LogP contribution is 2.48. The van der Waals surface area contributed by atoms with Crippen LogP contribution in [0.2, 0.25) is 0 Å². The van der Waals surface area contributed by atoms with Gasteiger partial charge in [-0.3, -0.25) is 0 Å². The molecule has 3 heterocycles. The van der Waals surface area contributed by atoms with Gasteiger partial charge in [0.1, 0.15) is 17.3 Å². The quantitative estimate of drug-likeness (QED) is 0.0273. The molecule has 0 radical (unpaired) electrons. The summed E-state index contributed by atoms with van der Waals surface area (Å²) in [7, 11) is 1.59. The lowest BCUT2D eigenvalue weighted by atomic mass is 9.92. The predicted molar refractivity (Wildman–Crippen MR) is 600 cm³/mol. The van der Waals surface area contributed by atoms with E-state index in [9.17, 15) is 9.32 Å². The van der Waals surface area contributed by atoms with E-state index in [1.54, 1.807) is 148 Å². The molecule has 30 heteroatoms. The molecular weight excluding hydrogens is 1890 g/mol. The Morgan fingerprint density at radius 3 is 1.01 bits per heavy atom. The topological polar surface area (TPSA) is 528 Å². The molecule has 20 rings (SSSR count). The maximum Gasteiger partial charge on any atom is 0.187 e. The number of nitrogen functional groups attached to an aromatic ring is 16. The van der Waals surface area contributed by atoms with Crippen LogP contribution in [-0.4, -0.2) is 21.0 Å². The van der Waals surface area contributed by atoms with E-state index in [0.717, 1.165) is 108 Å². The van der Waals surface area contributed by atoms with Crippen molar-refractivity contribution >= 4 is 163 Å². The summed E-state index contributed by atoms with van der Waals surface area (Å²) in [6.45, 7) is 9.20. The van der Waals surface area contributed by atoms with Gasteiger partial charge in [0.25, 0.3) is 0 Å². The van der Waals surface area contributed by atoms with Gasteiger partial charge in [0, 0.05) is 165 Å². The van der Waals surface area contributed by atoms with E-state index < -0.39 is 11.1 Å². The maximum atomic E-state index is 11.1. The van der Waals surface area contributed by atoms with Gasteiger partial charge in [-0.05, 0) is 379 Å². The molecule has 1 atom stereocenters. The number of thiol groups is 2. The normalized spacial score (nSPS) is 11.1. The smallest absolute Gasteiger partial charge is 0.187 e. The number of hydrogen-bond acceptors (Lipinski definition) is 28. The number of methoxy groups -OCH3 is 1. The minimum atomic E-state index is -2.04. The predicted octanol–water partition coefficient (Wildman–Crippen LogP) is 25.5. The molecule has 2 aromatic heterocycles. The average molecular weight is 2000 g/mol. The number of aryl methyl sites for hydroxylation is 2. The number of aliphatic hydroxyl groups is 1. The lowest BCUT2D eigenvalue weighted by Gasteiger charge is -2.20. The third-order valence-corrected chi connectivity index (χ3v) is 27.5. The van der Waals surface area contributed by atoms with E-state index in [2.05, 4.69) is 98.1 Å². The molecule has 1 unspecified atom stereocenters. The van der Waals surface area contributed by atoms with Crippen molar-refractivity contribution in [3.05, 3.63) is 372 Å².